The van der Waals surface area contributed by atoms with Gasteiger partial charge in [0, 0.05) is 5.39 Å². The molecule has 0 aliphatic heterocycles. The molecular weight excluding hydrogens is 415 g/mol. The molecule has 0 atom stereocenters. The van der Waals surface area contributed by atoms with Crippen molar-refractivity contribution in [3.63, 3.8) is 0 Å². The fraction of sp³-hybridized carbons (Fsp3) is 0.120. The fourth-order valence-corrected chi connectivity index (χ4v) is 3.51. The Bertz CT molecular complexity index is 1390. The Morgan fingerprint density at radius 2 is 1.69 bits per heavy atom. The third kappa shape index (κ3) is 3.80. The normalized spacial score (nSPS) is 10.8. The van der Waals surface area contributed by atoms with Gasteiger partial charge in [0.15, 0.2) is 11.5 Å². The number of halogens is 1. The number of hydrogen-bond donors (Lipinski definition) is 0. The summed E-state index contributed by atoms with van der Waals surface area (Å²) in [5.74, 6) is -0.298. The molecule has 0 N–H and O–H groups in total. The first-order chi connectivity index (χ1) is 15.4. The van der Waals surface area contributed by atoms with E-state index >= 15 is 0 Å². The molecule has 0 unspecified atom stereocenters. The van der Waals surface area contributed by atoms with Crippen LogP contribution in [0.15, 0.2) is 69.9 Å². The maximum atomic E-state index is 13.9. The molecule has 3 aromatic carbocycles. The van der Waals surface area contributed by atoms with Gasteiger partial charge < -0.3 is 18.6 Å². The first-order valence-corrected chi connectivity index (χ1v) is 9.69. The van der Waals surface area contributed by atoms with Gasteiger partial charge in [-0.1, -0.05) is 18.2 Å². The predicted octanol–water partition coefficient (Wildman–Crippen LogP) is 5.14. The molecule has 0 saturated carbocycles. The average molecular weight is 434 g/mol. The Balaban J connectivity index is 1.78. The second-order valence-electron chi connectivity index (χ2n) is 6.99. The van der Waals surface area contributed by atoms with Crippen LogP contribution in [0.3, 0.4) is 0 Å². The predicted molar refractivity (Wildman–Crippen MR) is 117 cm³/mol. The van der Waals surface area contributed by atoms with Gasteiger partial charge in [-0.2, -0.15) is 0 Å². The number of fused-ring (bicyclic) bond motifs is 1. The summed E-state index contributed by atoms with van der Waals surface area (Å²) in [7, 11) is 3.03. The van der Waals surface area contributed by atoms with Crippen LogP contribution in [0.1, 0.15) is 15.9 Å². The number of esters is 1. The van der Waals surface area contributed by atoms with E-state index in [2.05, 4.69) is 0 Å². The van der Waals surface area contributed by atoms with E-state index in [9.17, 15) is 14.0 Å². The molecule has 0 amide bonds. The van der Waals surface area contributed by atoms with E-state index < -0.39 is 17.4 Å². The highest BCUT2D eigenvalue weighted by Crippen LogP contribution is 2.34. The zero-order valence-corrected chi connectivity index (χ0v) is 17.6. The van der Waals surface area contributed by atoms with Crippen molar-refractivity contribution < 1.29 is 27.8 Å². The van der Waals surface area contributed by atoms with Gasteiger partial charge in [-0.25, -0.2) is 14.0 Å². The van der Waals surface area contributed by atoms with Crippen LogP contribution in [0.4, 0.5) is 4.39 Å². The number of methoxy groups -OCH3 is 2. The number of carbonyl (C=O) groups excluding carboxylic acids is 1. The van der Waals surface area contributed by atoms with Crippen LogP contribution in [0.5, 0.6) is 17.2 Å². The second kappa shape index (κ2) is 8.55. The molecule has 0 bridgehead atoms. The van der Waals surface area contributed by atoms with Crippen molar-refractivity contribution in [3.8, 4) is 28.4 Å². The van der Waals surface area contributed by atoms with Crippen molar-refractivity contribution in [3.05, 3.63) is 88.0 Å². The molecule has 162 valence electrons. The lowest BCUT2D eigenvalue weighted by Crippen LogP contribution is -2.11. The average Bonchev–Trinajstić information content (AvgIpc) is 2.79. The minimum absolute atomic E-state index is 0.171. The van der Waals surface area contributed by atoms with Crippen molar-refractivity contribution >= 4 is 16.9 Å². The van der Waals surface area contributed by atoms with Crippen molar-refractivity contribution in [1.29, 1.82) is 0 Å². The molecule has 32 heavy (non-hydrogen) atoms. The molecule has 4 rings (SSSR count). The molecule has 0 aliphatic rings. The highest BCUT2D eigenvalue weighted by atomic mass is 19.1. The zero-order valence-electron chi connectivity index (χ0n) is 17.6. The lowest BCUT2D eigenvalue weighted by molar-refractivity contribution is 0.0730. The van der Waals surface area contributed by atoms with Gasteiger partial charge in [0.1, 0.15) is 17.1 Å². The van der Waals surface area contributed by atoms with E-state index in [4.69, 9.17) is 18.6 Å². The van der Waals surface area contributed by atoms with Crippen molar-refractivity contribution in [1.82, 2.24) is 0 Å². The first-order valence-electron chi connectivity index (χ1n) is 9.69. The van der Waals surface area contributed by atoms with Crippen LogP contribution < -0.4 is 19.8 Å². The van der Waals surface area contributed by atoms with Gasteiger partial charge in [-0.3, -0.25) is 0 Å². The molecular formula is C25H19FO6. The molecule has 6 nitrogen and oxygen atoms in total. The molecule has 0 aliphatic carbocycles. The summed E-state index contributed by atoms with van der Waals surface area (Å²) in [5, 5.41) is 0.577. The van der Waals surface area contributed by atoms with Crippen molar-refractivity contribution in [2.75, 3.05) is 14.2 Å². The summed E-state index contributed by atoms with van der Waals surface area (Å²) < 4.78 is 35.3. The number of rotatable bonds is 5. The van der Waals surface area contributed by atoms with Gasteiger partial charge in [0.2, 0.25) is 0 Å². The Kier molecular flexibility index (Phi) is 5.64. The monoisotopic (exact) mass is 434 g/mol. The summed E-state index contributed by atoms with van der Waals surface area (Å²) in [6.07, 6.45) is 0. The third-order valence-electron chi connectivity index (χ3n) is 5.11. The van der Waals surface area contributed by atoms with Gasteiger partial charge in [0.25, 0.3) is 0 Å². The number of benzene rings is 3. The fourth-order valence-electron chi connectivity index (χ4n) is 3.51. The zero-order chi connectivity index (χ0) is 22.8. The molecule has 0 fully saturated rings. The molecule has 1 heterocycles. The summed E-state index contributed by atoms with van der Waals surface area (Å²) in [6.45, 7) is 1.77. The lowest BCUT2D eigenvalue weighted by Gasteiger charge is -2.12. The molecule has 1 aromatic heterocycles. The number of hydrogen-bond acceptors (Lipinski definition) is 6. The highest BCUT2D eigenvalue weighted by molar-refractivity contribution is 5.93. The van der Waals surface area contributed by atoms with Crippen LogP contribution >= 0.6 is 0 Å². The molecule has 0 saturated heterocycles. The lowest BCUT2D eigenvalue weighted by atomic mass is 9.99. The van der Waals surface area contributed by atoms with E-state index in [1.165, 1.54) is 44.6 Å². The topological polar surface area (TPSA) is 75.0 Å². The Hall–Kier alpha value is -4.13. The van der Waals surface area contributed by atoms with Crippen molar-refractivity contribution in [2.45, 2.75) is 6.92 Å². The summed E-state index contributed by atoms with van der Waals surface area (Å²) >= 11 is 0. The summed E-state index contributed by atoms with van der Waals surface area (Å²) in [5.41, 5.74) is 1.21. The van der Waals surface area contributed by atoms with Crippen LogP contribution in [-0.2, 0) is 0 Å². The molecule has 0 radical (unpaired) electrons. The third-order valence-corrected chi connectivity index (χ3v) is 5.11. The van der Waals surface area contributed by atoms with Gasteiger partial charge in [0.05, 0.1) is 25.3 Å². The van der Waals surface area contributed by atoms with Crippen LogP contribution in [0, 0.1) is 12.7 Å². The maximum Gasteiger partial charge on any atom is 0.346 e. The smallest absolute Gasteiger partial charge is 0.346 e. The first kappa shape index (κ1) is 21.1. The van der Waals surface area contributed by atoms with Gasteiger partial charge in [-0.15, -0.1) is 0 Å². The van der Waals surface area contributed by atoms with E-state index in [0.717, 1.165) is 0 Å². The Labute approximate surface area is 182 Å². The quantitative estimate of drug-likeness (QED) is 0.246. The summed E-state index contributed by atoms with van der Waals surface area (Å²) in [4.78, 5) is 25.1. The molecule has 7 heteroatoms. The van der Waals surface area contributed by atoms with Crippen molar-refractivity contribution in [2.24, 2.45) is 0 Å². The Morgan fingerprint density at radius 1 is 0.938 bits per heavy atom. The van der Waals surface area contributed by atoms with E-state index in [-0.39, 0.29) is 11.3 Å². The number of aryl methyl sites for hydroxylation is 1. The minimum Gasteiger partial charge on any atom is -0.493 e. The number of ether oxygens (including phenoxy) is 3. The second-order valence-corrected chi connectivity index (χ2v) is 6.99. The molecule has 4 aromatic rings. The number of carbonyl (C=O) groups is 1. The maximum absolute atomic E-state index is 13.9. The van der Waals surface area contributed by atoms with Gasteiger partial charge >= 0.3 is 11.6 Å². The minimum atomic E-state index is -0.822. The standard InChI is InChI=1S/C25H19FO6/c1-14-18-13-16(31-24(27)17-6-4-5-7-19(17)26)9-11-20(18)32-25(28)23(14)15-8-10-21(29-2)22(12-15)30-3/h4-13H,1-3H3. The SMILES string of the molecule is COc1ccc(-c2c(C)c3cc(OC(=O)c4ccccc4F)ccc3oc2=O)cc1OC. The van der Waals surface area contributed by atoms with E-state index in [1.807, 2.05) is 0 Å². The Morgan fingerprint density at radius 3 is 2.41 bits per heavy atom. The van der Waals surface area contributed by atoms with E-state index in [0.29, 0.717) is 39.2 Å². The largest absolute Gasteiger partial charge is 0.493 e. The van der Waals surface area contributed by atoms with Crippen LogP contribution in [0.2, 0.25) is 0 Å². The van der Waals surface area contributed by atoms with Gasteiger partial charge in [-0.05, 0) is 60.5 Å². The van der Waals surface area contributed by atoms with Crippen LogP contribution in [-0.4, -0.2) is 20.2 Å². The van der Waals surface area contributed by atoms with E-state index in [1.54, 1.807) is 37.3 Å². The molecule has 0 spiro atoms. The van der Waals surface area contributed by atoms with Crippen LogP contribution in [0.25, 0.3) is 22.1 Å². The summed E-state index contributed by atoms with van der Waals surface area (Å²) in [6, 6.07) is 15.3. The highest BCUT2D eigenvalue weighted by Gasteiger charge is 2.18.